The summed E-state index contributed by atoms with van der Waals surface area (Å²) in [6.07, 6.45) is 0. The van der Waals surface area contributed by atoms with Gasteiger partial charge in [-0.3, -0.25) is 0 Å². The second-order valence-electron chi connectivity index (χ2n) is 11.7. The first kappa shape index (κ1) is 25.2. The second-order valence-corrected chi connectivity index (χ2v) is 11.7. The van der Waals surface area contributed by atoms with Gasteiger partial charge in [-0.05, 0) is 76.7 Å². The number of aryl methyl sites for hydroxylation is 2. The minimum Gasteiger partial charge on any atom is -0.309 e. The molecule has 1 aliphatic carbocycles. The number of fused-ring (bicyclic) bond motifs is 5. The Balaban J connectivity index is 1.24. The van der Waals surface area contributed by atoms with Gasteiger partial charge in [-0.1, -0.05) is 78.9 Å². The zero-order valence-electron chi connectivity index (χ0n) is 24.6. The number of rotatable bonds is 2. The Morgan fingerprint density at radius 1 is 0.511 bits per heavy atom. The molecule has 6 aromatic carbocycles. The molecule has 9 rings (SSSR count). The summed E-state index contributed by atoms with van der Waals surface area (Å²) < 4.78 is 0. The van der Waals surface area contributed by atoms with Gasteiger partial charge in [0.15, 0.2) is 11.4 Å². The predicted molar refractivity (Wildman–Crippen MR) is 179 cm³/mol. The molecule has 0 saturated carbocycles. The molecule has 0 N–H and O–H groups in total. The van der Waals surface area contributed by atoms with Gasteiger partial charge in [0.05, 0.1) is 22.8 Å². The topological polar surface area (TPSA) is 76.6 Å². The Hall–Kier alpha value is -6.30. The summed E-state index contributed by atoms with van der Waals surface area (Å²) in [6.45, 7) is 4.38. The van der Waals surface area contributed by atoms with E-state index in [2.05, 4.69) is 120 Å². The van der Waals surface area contributed by atoms with Gasteiger partial charge in [0.2, 0.25) is 0 Å². The summed E-state index contributed by atoms with van der Waals surface area (Å²) in [4.78, 5) is 11.6. The van der Waals surface area contributed by atoms with Gasteiger partial charge in [0, 0.05) is 33.2 Å². The van der Waals surface area contributed by atoms with E-state index in [0.29, 0.717) is 11.4 Å². The van der Waals surface area contributed by atoms with Crippen molar-refractivity contribution < 1.29 is 0 Å². The van der Waals surface area contributed by atoms with Crippen molar-refractivity contribution in [3.63, 3.8) is 0 Å². The highest BCUT2D eigenvalue weighted by Crippen LogP contribution is 2.53. The van der Waals surface area contributed by atoms with Crippen LogP contribution in [-0.2, 0) is 0 Å². The maximum absolute atomic E-state index is 9.60. The Morgan fingerprint density at radius 3 is 1.91 bits per heavy atom. The van der Waals surface area contributed by atoms with Crippen molar-refractivity contribution in [3.8, 4) is 56.9 Å². The fraction of sp³-hybridized carbons (Fsp3) is 0.0500. The van der Waals surface area contributed by atoms with Gasteiger partial charge in [-0.15, -0.1) is 0 Å². The minimum atomic E-state index is 0.0564. The monoisotopic (exact) mass is 573 g/mol. The van der Waals surface area contributed by atoms with Crippen LogP contribution in [0.25, 0.3) is 66.3 Å². The molecule has 0 saturated heterocycles. The molecular formula is C40H23N5. The van der Waals surface area contributed by atoms with Crippen LogP contribution >= 0.6 is 0 Å². The van der Waals surface area contributed by atoms with Gasteiger partial charge < -0.3 is 4.90 Å². The molecule has 2 aliphatic rings. The quantitative estimate of drug-likeness (QED) is 0.206. The van der Waals surface area contributed by atoms with Crippen molar-refractivity contribution >= 4 is 38.6 Å². The first-order valence-corrected chi connectivity index (χ1v) is 14.9. The van der Waals surface area contributed by atoms with E-state index >= 15 is 0 Å². The SMILES string of the molecule is Cc1cc(N2c3ccccc3-c3cccc4cccc2c34)c(C)cc1-c1ccc2c3c(cccc13)-c1nc(C#N)c(C#N)nc1-2. The van der Waals surface area contributed by atoms with Gasteiger partial charge >= 0.3 is 0 Å². The van der Waals surface area contributed by atoms with Crippen LogP contribution in [0.15, 0.2) is 103 Å². The summed E-state index contributed by atoms with van der Waals surface area (Å²) in [6, 6.07) is 40.9. The van der Waals surface area contributed by atoms with Crippen LogP contribution in [0.4, 0.5) is 17.1 Å². The maximum atomic E-state index is 9.60. The first-order chi connectivity index (χ1) is 22.1. The van der Waals surface area contributed by atoms with Crippen LogP contribution in [0.1, 0.15) is 22.5 Å². The molecule has 0 spiro atoms. The van der Waals surface area contributed by atoms with Crippen LogP contribution in [0, 0.1) is 36.5 Å². The average molecular weight is 574 g/mol. The summed E-state index contributed by atoms with van der Waals surface area (Å²) in [5.74, 6) is 0. The van der Waals surface area contributed by atoms with Gasteiger partial charge in [-0.25, -0.2) is 9.97 Å². The lowest BCUT2D eigenvalue weighted by atomic mass is 9.89. The second kappa shape index (κ2) is 9.10. The zero-order valence-corrected chi connectivity index (χ0v) is 24.6. The lowest BCUT2D eigenvalue weighted by molar-refractivity contribution is 1.15. The number of nitrogens with zero attached hydrogens (tertiary/aromatic N) is 5. The largest absolute Gasteiger partial charge is 0.309 e. The standard InChI is InChI=1S/C40H23N5/c1-22-19-36(45-34-14-4-3-10-26(34)28-11-5-8-24-9-6-15-35(45)37(24)28)23(2)18-31(22)25-16-17-30-38-27(25)12-7-13-29(38)39-40(30)44-33(21-42)32(20-41)43-39/h3-19H,1-2H3. The molecule has 0 bridgehead atoms. The minimum absolute atomic E-state index is 0.0564. The van der Waals surface area contributed by atoms with Gasteiger partial charge in [0.25, 0.3) is 0 Å². The normalized spacial score (nSPS) is 12.1. The van der Waals surface area contributed by atoms with Crippen molar-refractivity contribution in [1.29, 1.82) is 10.5 Å². The van der Waals surface area contributed by atoms with E-state index < -0.39 is 0 Å². The highest BCUT2D eigenvalue weighted by molar-refractivity contribution is 6.18. The molecule has 0 radical (unpaired) electrons. The van der Waals surface area contributed by atoms with Crippen LogP contribution < -0.4 is 4.90 Å². The highest BCUT2D eigenvalue weighted by Gasteiger charge is 2.29. The molecule has 5 nitrogen and oxygen atoms in total. The Morgan fingerprint density at radius 2 is 1.13 bits per heavy atom. The van der Waals surface area contributed by atoms with Gasteiger partial charge in [-0.2, -0.15) is 10.5 Å². The number of nitriles is 2. The number of benzene rings is 6. The van der Waals surface area contributed by atoms with E-state index in [4.69, 9.17) is 0 Å². The fourth-order valence-electron chi connectivity index (χ4n) is 7.35. The molecule has 208 valence electrons. The lowest BCUT2D eigenvalue weighted by Crippen LogP contribution is -2.16. The number of para-hydroxylation sites is 1. The van der Waals surface area contributed by atoms with Crippen LogP contribution in [0.2, 0.25) is 0 Å². The smallest absolute Gasteiger partial charge is 0.177 e. The number of aromatic nitrogens is 2. The maximum Gasteiger partial charge on any atom is 0.177 e. The summed E-state index contributed by atoms with van der Waals surface area (Å²) >= 11 is 0. The fourth-order valence-corrected chi connectivity index (χ4v) is 7.35. The van der Waals surface area contributed by atoms with Crippen molar-refractivity contribution in [3.05, 3.63) is 126 Å². The van der Waals surface area contributed by atoms with Crippen molar-refractivity contribution in [2.75, 3.05) is 4.90 Å². The van der Waals surface area contributed by atoms with E-state index in [9.17, 15) is 10.5 Å². The third-order valence-electron chi connectivity index (χ3n) is 9.29. The van der Waals surface area contributed by atoms with Crippen molar-refractivity contribution in [1.82, 2.24) is 9.97 Å². The molecule has 0 fully saturated rings. The molecule has 0 amide bonds. The Bertz CT molecular complexity index is 2500. The predicted octanol–water partition coefficient (Wildman–Crippen LogP) is 9.91. The molecule has 1 aromatic heterocycles. The van der Waals surface area contributed by atoms with E-state index in [-0.39, 0.29) is 11.4 Å². The molecular weight excluding hydrogens is 550 g/mol. The molecule has 2 heterocycles. The molecule has 5 heteroatoms. The molecule has 7 aromatic rings. The van der Waals surface area contributed by atoms with Crippen molar-refractivity contribution in [2.24, 2.45) is 0 Å². The average Bonchev–Trinajstić information content (AvgIpc) is 3.39. The third-order valence-corrected chi connectivity index (χ3v) is 9.29. The number of hydrogen-bond donors (Lipinski definition) is 0. The lowest BCUT2D eigenvalue weighted by Gasteiger charge is -2.34. The summed E-state index contributed by atoms with van der Waals surface area (Å²) in [7, 11) is 0. The number of anilines is 3. The molecule has 1 aliphatic heterocycles. The number of hydrogen-bond acceptors (Lipinski definition) is 5. The zero-order chi connectivity index (χ0) is 30.4. The highest BCUT2D eigenvalue weighted by atomic mass is 15.2. The molecule has 45 heavy (non-hydrogen) atoms. The van der Waals surface area contributed by atoms with Crippen molar-refractivity contribution in [2.45, 2.75) is 13.8 Å². The Labute approximate surface area is 259 Å². The molecule has 0 atom stereocenters. The van der Waals surface area contributed by atoms with E-state index in [1.807, 2.05) is 24.3 Å². The Kier molecular flexibility index (Phi) is 5.10. The first-order valence-electron chi connectivity index (χ1n) is 14.9. The van der Waals surface area contributed by atoms with Crippen LogP contribution in [-0.4, -0.2) is 9.97 Å². The van der Waals surface area contributed by atoms with Gasteiger partial charge in [0.1, 0.15) is 12.1 Å². The third kappa shape index (κ3) is 3.35. The van der Waals surface area contributed by atoms with Crippen LogP contribution in [0.5, 0.6) is 0 Å². The summed E-state index contributed by atoms with van der Waals surface area (Å²) in [5.41, 5.74) is 14.0. The van der Waals surface area contributed by atoms with Crippen LogP contribution in [0.3, 0.4) is 0 Å². The molecule has 0 unspecified atom stereocenters. The van der Waals surface area contributed by atoms with E-state index in [1.54, 1.807) is 0 Å². The van der Waals surface area contributed by atoms with E-state index in [0.717, 1.165) is 38.7 Å². The summed E-state index contributed by atoms with van der Waals surface area (Å²) in [5, 5.41) is 23.8. The van der Waals surface area contributed by atoms with E-state index in [1.165, 1.54) is 44.4 Å².